The second-order valence-corrected chi connectivity index (χ2v) is 3.14. The Hall–Kier alpha value is -1.91. The highest BCUT2D eigenvalue weighted by molar-refractivity contribution is 5.93. The molecular weight excluding hydrogens is 196 g/mol. The molecule has 80 valence electrons. The summed E-state index contributed by atoms with van der Waals surface area (Å²) in [5.41, 5.74) is 0.735. The molecule has 1 aromatic heterocycles. The smallest absolute Gasteiger partial charge is 0.312 e. The summed E-state index contributed by atoms with van der Waals surface area (Å²) in [6.07, 6.45) is 1.15. The molecule has 5 nitrogen and oxygen atoms in total. The summed E-state index contributed by atoms with van der Waals surface area (Å²) in [4.78, 5) is 27.0. The van der Waals surface area contributed by atoms with Gasteiger partial charge in [0.1, 0.15) is 6.42 Å². The molecule has 1 heterocycles. The van der Waals surface area contributed by atoms with Crippen LogP contribution in [0.4, 0.5) is 0 Å². The molecule has 1 amide bonds. The minimum absolute atomic E-state index is 0.326. The van der Waals surface area contributed by atoms with Crippen molar-refractivity contribution in [1.82, 2.24) is 9.88 Å². The van der Waals surface area contributed by atoms with Gasteiger partial charge in [0.2, 0.25) is 5.91 Å². The number of rotatable bonds is 4. The van der Waals surface area contributed by atoms with Gasteiger partial charge < -0.3 is 10.0 Å². The molecule has 0 radical (unpaired) electrons. The lowest BCUT2D eigenvalue weighted by atomic mass is 10.3. The maximum atomic E-state index is 11.3. The first-order valence-electron chi connectivity index (χ1n) is 4.45. The molecule has 0 unspecified atom stereocenters. The van der Waals surface area contributed by atoms with E-state index in [0.29, 0.717) is 6.54 Å². The van der Waals surface area contributed by atoms with Crippen LogP contribution in [-0.2, 0) is 16.1 Å². The van der Waals surface area contributed by atoms with Crippen molar-refractivity contribution in [2.75, 3.05) is 7.05 Å². The van der Waals surface area contributed by atoms with E-state index in [2.05, 4.69) is 4.98 Å². The zero-order chi connectivity index (χ0) is 11.3. The molecule has 0 aliphatic rings. The molecule has 1 N–H and O–H groups in total. The summed E-state index contributed by atoms with van der Waals surface area (Å²) in [5, 5.41) is 8.44. The third kappa shape index (κ3) is 3.76. The lowest BCUT2D eigenvalue weighted by Gasteiger charge is -2.15. The van der Waals surface area contributed by atoms with Crippen LogP contribution in [0.2, 0.25) is 0 Å². The highest BCUT2D eigenvalue weighted by Crippen LogP contribution is 2.00. The van der Waals surface area contributed by atoms with Gasteiger partial charge in [-0.3, -0.25) is 14.6 Å². The summed E-state index contributed by atoms with van der Waals surface area (Å²) >= 11 is 0. The fraction of sp³-hybridized carbons (Fsp3) is 0.300. The van der Waals surface area contributed by atoms with Crippen molar-refractivity contribution in [2.24, 2.45) is 0 Å². The number of amides is 1. The molecular formula is C10H12N2O3. The van der Waals surface area contributed by atoms with Crippen LogP contribution >= 0.6 is 0 Å². The lowest BCUT2D eigenvalue weighted by molar-refractivity contribution is -0.143. The van der Waals surface area contributed by atoms with E-state index >= 15 is 0 Å². The summed E-state index contributed by atoms with van der Waals surface area (Å²) in [6.45, 7) is 0.326. The molecule has 0 saturated heterocycles. The van der Waals surface area contributed by atoms with Gasteiger partial charge in [-0.15, -0.1) is 0 Å². The average Bonchev–Trinajstić information content (AvgIpc) is 2.18. The van der Waals surface area contributed by atoms with Crippen LogP contribution in [0, 0.1) is 0 Å². The Labute approximate surface area is 87.4 Å². The fourth-order valence-electron chi connectivity index (χ4n) is 1.09. The van der Waals surface area contributed by atoms with E-state index in [4.69, 9.17) is 5.11 Å². The molecule has 0 aliphatic carbocycles. The number of carboxylic acid groups (broad SMARTS) is 1. The van der Waals surface area contributed by atoms with Gasteiger partial charge in [0.25, 0.3) is 0 Å². The van der Waals surface area contributed by atoms with E-state index in [-0.39, 0.29) is 0 Å². The summed E-state index contributed by atoms with van der Waals surface area (Å²) in [5.74, 6) is -1.54. The van der Waals surface area contributed by atoms with Crippen molar-refractivity contribution in [3.63, 3.8) is 0 Å². The SMILES string of the molecule is CN(Cc1ccccn1)C(=O)CC(=O)O. The van der Waals surface area contributed by atoms with Gasteiger partial charge in [-0.1, -0.05) is 6.07 Å². The molecule has 0 spiro atoms. The Bertz CT molecular complexity index is 351. The molecule has 0 saturated carbocycles. The Balaban J connectivity index is 2.52. The van der Waals surface area contributed by atoms with Gasteiger partial charge in [-0.25, -0.2) is 0 Å². The van der Waals surface area contributed by atoms with Crippen molar-refractivity contribution >= 4 is 11.9 Å². The highest BCUT2D eigenvalue weighted by Gasteiger charge is 2.13. The highest BCUT2D eigenvalue weighted by atomic mass is 16.4. The molecule has 0 bridgehead atoms. The monoisotopic (exact) mass is 208 g/mol. The standard InChI is InChI=1S/C10H12N2O3/c1-12(9(13)6-10(14)15)7-8-4-2-3-5-11-8/h2-5H,6-7H2,1H3,(H,14,15). The van der Waals surface area contributed by atoms with E-state index in [1.54, 1.807) is 25.4 Å². The molecule has 0 aromatic carbocycles. The minimum Gasteiger partial charge on any atom is -0.481 e. The Morgan fingerprint density at radius 2 is 2.20 bits per heavy atom. The number of hydrogen-bond acceptors (Lipinski definition) is 3. The van der Waals surface area contributed by atoms with Crippen molar-refractivity contribution < 1.29 is 14.7 Å². The van der Waals surface area contributed by atoms with Gasteiger partial charge in [0, 0.05) is 13.2 Å². The topological polar surface area (TPSA) is 70.5 Å². The maximum Gasteiger partial charge on any atom is 0.312 e. The maximum absolute atomic E-state index is 11.3. The largest absolute Gasteiger partial charge is 0.481 e. The third-order valence-electron chi connectivity index (χ3n) is 1.85. The predicted molar refractivity (Wildman–Crippen MR) is 53.0 cm³/mol. The molecule has 0 atom stereocenters. The zero-order valence-corrected chi connectivity index (χ0v) is 8.38. The van der Waals surface area contributed by atoms with Gasteiger partial charge in [0.05, 0.1) is 12.2 Å². The van der Waals surface area contributed by atoms with E-state index < -0.39 is 18.3 Å². The van der Waals surface area contributed by atoms with Crippen LogP contribution in [0.5, 0.6) is 0 Å². The van der Waals surface area contributed by atoms with Crippen LogP contribution in [0.25, 0.3) is 0 Å². The van der Waals surface area contributed by atoms with Crippen molar-refractivity contribution in [2.45, 2.75) is 13.0 Å². The number of aliphatic carboxylic acids is 1. The summed E-state index contributed by atoms with van der Waals surface area (Å²) in [6, 6.07) is 5.38. The van der Waals surface area contributed by atoms with E-state index in [0.717, 1.165) is 5.69 Å². The van der Waals surface area contributed by atoms with Gasteiger partial charge in [0.15, 0.2) is 0 Å². The van der Waals surface area contributed by atoms with Gasteiger partial charge in [-0.05, 0) is 12.1 Å². The first-order chi connectivity index (χ1) is 7.09. The van der Waals surface area contributed by atoms with Gasteiger partial charge in [-0.2, -0.15) is 0 Å². The molecule has 1 aromatic rings. The lowest BCUT2D eigenvalue weighted by Crippen LogP contribution is -2.28. The van der Waals surface area contributed by atoms with Crippen molar-refractivity contribution in [3.05, 3.63) is 30.1 Å². The quantitative estimate of drug-likeness (QED) is 0.732. The van der Waals surface area contributed by atoms with E-state index in [1.165, 1.54) is 4.90 Å². The molecule has 0 fully saturated rings. The number of carbonyl (C=O) groups excluding carboxylic acids is 1. The number of carbonyl (C=O) groups is 2. The number of carboxylic acids is 1. The van der Waals surface area contributed by atoms with E-state index in [9.17, 15) is 9.59 Å². The summed E-state index contributed by atoms with van der Waals surface area (Å²) < 4.78 is 0. The van der Waals surface area contributed by atoms with Crippen LogP contribution in [0.3, 0.4) is 0 Å². The third-order valence-corrected chi connectivity index (χ3v) is 1.85. The van der Waals surface area contributed by atoms with Crippen molar-refractivity contribution in [1.29, 1.82) is 0 Å². The van der Waals surface area contributed by atoms with Crippen molar-refractivity contribution in [3.8, 4) is 0 Å². The molecule has 5 heteroatoms. The number of hydrogen-bond donors (Lipinski definition) is 1. The van der Waals surface area contributed by atoms with E-state index in [1.807, 2.05) is 6.07 Å². The molecule has 0 aliphatic heterocycles. The second kappa shape index (κ2) is 5.09. The first kappa shape index (κ1) is 11.2. The normalized spacial score (nSPS) is 9.67. The predicted octanol–water partition coefficient (Wildman–Crippen LogP) is 0.515. The van der Waals surface area contributed by atoms with Crippen LogP contribution in [0.15, 0.2) is 24.4 Å². The number of nitrogens with zero attached hydrogens (tertiary/aromatic N) is 2. The van der Waals surface area contributed by atoms with Crippen LogP contribution in [0.1, 0.15) is 12.1 Å². The Morgan fingerprint density at radius 1 is 1.47 bits per heavy atom. The Kier molecular flexibility index (Phi) is 3.79. The Morgan fingerprint density at radius 3 is 2.73 bits per heavy atom. The number of pyridine rings is 1. The minimum atomic E-state index is -1.12. The fourth-order valence-corrected chi connectivity index (χ4v) is 1.09. The zero-order valence-electron chi connectivity index (χ0n) is 8.38. The molecule has 1 rings (SSSR count). The van der Waals surface area contributed by atoms with Gasteiger partial charge >= 0.3 is 5.97 Å². The first-order valence-corrected chi connectivity index (χ1v) is 4.45. The van der Waals surface area contributed by atoms with Crippen LogP contribution < -0.4 is 0 Å². The average molecular weight is 208 g/mol. The second-order valence-electron chi connectivity index (χ2n) is 3.14. The number of aromatic nitrogens is 1. The molecule has 15 heavy (non-hydrogen) atoms. The van der Waals surface area contributed by atoms with Crippen LogP contribution in [-0.4, -0.2) is 33.9 Å². The summed E-state index contributed by atoms with van der Waals surface area (Å²) in [7, 11) is 1.56.